The van der Waals surface area contributed by atoms with E-state index in [1.807, 2.05) is 12.1 Å². The van der Waals surface area contributed by atoms with Crippen LogP contribution in [0.5, 0.6) is 5.75 Å². The van der Waals surface area contributed by atoms with Gasteiger partial charge in [-0.3, -0.25) is 4.90 Å². The molecule has 1 aliphatic heterocycles. The number of nitrogens with zero attached hydrogens (tertiary/aromatic N) is 2. The second-order valence-corrected chi connectivity index (χ2v) is 5.89. The Hall–Kier alpha value is -1.81. The van der Waals surface area contributed by atoms with Crippen LogP contribution in [-0.4, -0.2) is 42.7 Å². The zero-order valence-corrected chi connectivity index (χ0v) is 13.5. The topological polar surface area (TPSA) is 37.4 Å². The number of hydrogen-bond donors (Lipinski definition) is 1. The third-order valence-electron chi connectivity index (χ3n) is 4.58. The molecule has 1 aromatic carbocycles. The number of aromatic nitrogens is 1. The van der Waals surface area contributed by atoms with Gasteiger partial charge in [-0.2, -0.15) is 0 Å². The van der Waals surface area contributed by atoms with Gasteiger partial charge < -0.3 is 10.1 Å². The fraction of sp³-hybridized carbons (Fsp3) is 0.500. The normalized spacial score (nSPS) is 19.3. The maximum absolute atomic E-state index is 5.41. The molecule has 1 aliphatic rings. The van der Waals surface area contributed by atoms with Gasteiger partial charge in [-0.05, 0) is 44.1 Å². The van der Waals surface area contributed by atoms with Crippen LogP contribution in [0.2, 0.25) is 0 Å². The van der Waals surface area contributed by atoms with E-state index < -0.39 is 0 Å². The first-order chi connectivity index (χ1) is 10.8. The summed E-state index contributed by atoms with van der Waals surface area (Å²) in [6.07, 6.45) is 3.94. The van der Waals surface area contributed by atoms with E-state index in [9.17, 15) is 0 Å². The smallest absolute Gasteiger partial charge is 0.145 e. The molecule has 2 aromatic rings. The lowest BCUT2D eigenvalue weighted by atomic mass is 10.0. The van der Waals surface area contributed by atoms with E-state index in [1.54, 1.807) is 7.11 Å². The van der Waals surface area contributed by atoms with Crippen LogP contribution in [0.3, 0.4) is 0 Å². The molecule has 0 radical (unpaired) electrons. The maximum Gasteiger partial charge on any atom is 0.145 e. The summed E-state index contributed by atoms with van der Waals surface area (Å²) in [4.78, 5) is 7.29. The fourth-order valence-electron chi connectivity index (χ4n) is 3.31. The molecule has 2 heterocycles. The Bertz CT molecular complexity index is 629. The molecule has 1 fully saturated rings. The number of ether oxygens (including phenoxy) is 1. The highest BCUT2D eigenvalue weighted by atomic mass is 16.5. The molecular formula is C18H25N3O. The number of nitrogens with one attached hydrogen (secondary N) is 1. The zero-order valence-electron chi connectivity index (χ0n) is 13.5. The molecule has 1 N–H and O–H groups in total. The number of anilines is 1. The number of para-hydroxylation sites is 1. The number of benzene rings is 1. The first kappa shape index (κ1) is 15.1. The molecule has 0 spiro atoms. The van der Waals surface area contributed by atoms with E-state index in [2.05, 4.69) is 35.3 Å². The van der Waals surface area contributed by atoms with Gasteiger partial charge in [-0.15, -0.1) is 0 Å². The average Bonchev–Trinajstić information content (AvgIpc) is 2.59. The maximum atomic E-state index is 5.41. The van der Waals surface area contributed by atoms with E-state index in [-0.39, 0.29) is 0 Å². The van der Waals surface area contributed by atoms with Crippen molar-refractivity contribution in [3.8, 4) is 5.75 Å². The molecular weight excluding hydrogens is 274 g/mol. The second kappa shape index (κ2) is 6.97. The van der Waals surface area contributed by atoms with Gasteiger partial charge in [0.1, 0.15) is 17.1 Å². The summed E-state index contributed by atoms with van der Waals surface area (Å²) in [5.41, 5.74) is 0.922. The van der Waals surface area contributed by atoms with Gasteiger partial charge in [0, 0.05) is 18.0 Å². The van der Waals surface area contributed by atoms with Crippen LogP contribution in [0.1, 0.15) is 26.2 Å². The summed E-state index contributed by atoms with van der Waals surface area (Å²) in [5, 5.41) is 4.62. The molecule has 4 heteroatoms. The van der Waals surface area contributed by atoms with Crippen LogP contribution in [0.15, 0.2) is 30.3 Å². The molecule has 4 nitrogen and oxygen atoms in total. The quantitative estimate of drug-likeness (QED) is 0.916. The highest BCUT2D eigenvalue weighted by molar-refractivity contribution is 5.85. The summed E-state index contributed by atoms with van der Waals surface area (Å²) in [6.45, 7) is 5.56. The minimum atomic E-state index is 0.619. The van der Waals surface area contributed by atoms with Gasteiger partial charge in [0.15, 0.2) is 0 Å². The van der Waals surface area contributed by atoms with Gasteiger partial charge in [0.05, 0.1) is 7.11 Å². The molecule has 0 amide bonds. The molecule has 0 saturated carbocycles. The number of piperidine rings is 1. The van der Waals surface area contributed by atoms with E-state index in [0.717, 1.165) is 35.6 Å². The molecule has 1 atom stereocenters. The summed E-state index contributed by atoms with van der Waals surface area (Å²) < 4.78 is 5.41. The highest BCUT2D eigenvalue weighted by Gasteiger charge is 2.20. The Balaban J connectivity index is 1.73. The third-order valence-corrected chi connectivity index (χ3v) is 4.58. The number of fused-ring (bicyclic) bond motifs is 1. The molecule has 0 bridgehead atoms. The van der Waals surface area contributed by atoms with Crippen molar-refractivity contribution in [2.24, 2.45) is 0 Å². The Morgan fingerprint density at radius 1 is 1.27 bits per heavy atom. The number of rotatable bonds is 5. The van der Waals surface area contributed by atoms with Crippen molar-refractivity contribution in [2.75, 3.05) is 32.1 Å². The largest absolute Gasteiger partial charge is 0.494 e. The predicted molar refractivity (Wildman–Crippen MR) is 91.7 cm³/mol. The third kappa shape index (κ3) is 3.17. The van der Waals surface area contributed by atoms with E-state index >= 15 is 0 Å². The lowest BCUT2D eigenvalue weighted by Gasteiger charge is -2.35. The number of likely N-dealkylation sites (tertiary alicyclic amines) is 1. The molecule has 22 heavy (non-hydrogen) atoms. The Morgan fingerprint density at radius 2 is 2.18 bits per heavy atom. The molecule has 1 saturated heterocycles. The van der Waals surface area contributed by atoms with Crippen molar-refractivity contribution in [1.82, 2.24) is 9.88 Å². The van der Waals surface area contributed by atoms with Crippen LogP contribution < -0.4 is 10.1 Å². The zero-order chi connectivity index (χ0) is 15.4. The number of likely N-dealkylation sites (N-methyl/N-ethyl adjacent to an activating group) is 1. The standard InChI is InChI=1S/C18H25N3O/c1-3-21-12-5-4-8-15(21)13-19-17-11-10-14-7-6-9-16(22-2)18(14)20-17/h6-7,9-11,15H,3-5,8,12-13H2,1-2H3,(H,19,20). The second-order valence-electron chi connectivity index (χ2n) is 5.89. The molecule has 3 rings (SSSR count). The SMILES string of the molecule is CCN1CCCCC1CNc1ccc2cccc(OC)c2n1. The van der Waals surface area contributed by atoms with Crippen LogP contribution in [-0.2, 0) is 0 Å². The number of hydrogen-bond acceptors (Lipinski definition) is 4. The lowest BCUT2D eigenvalue weighted by Crippen LogP contribution is -2.43. The fourth-order valence-corrected chi connectivity index (χ4v) is 3.31. The van der Waals surface area contributed by atoms with Crippen molar-refractivity contribution in [3.05, 3.63) is 30.3 Å². The molecule has 118 valence electrons. The minimum Gasteiger partial charge on any atom is -0.494 e. The monoisotopic (exact) mass is 299 g/mol. The van der Waals surface area contributed by atoms with Crippen molar-refractivity contribution in [3.63, 3.8) is 0 Å². The van der Waals surface area contributed by atoms with Gasteiger partial charge in [-0.1, -0.05) is 25.5 Å². The highest BCUT2D eigenvalue weighted by Crippen LogP contribution is 2.25. The van der Waals surface area contributed by atoms with Gasteiger partial charge >= 0.3 is 0 Å². The Labute approximate surface area is 132 Å². The molecule has 0 aliphatic carbocycles. The summed E-state index contributed by atoms with van der Waals surface area (Å²) in [6, 6.07) is 10.8. The van der Waals surface area contributed by atoms with Crippen LogP contribution in [0, 0.1) is 0 Å². The Morgan fingerprint density at radius 3 is 3.00 bits per heavy atom. The van der Waals surface area contributed by atoms with Crippen LogP contribution in [0.4, 0.5) is 5.82 Å². The van der Waals surface area contributed by atoms with E-state index in [4.69, 9.17) is 9.72 Å². The van der Waals surface area contributed by atoms with Crippen LogP contribution >= 0.6 is 0 Å². The van der Waals surface area contributed by atoms with Gasteiger partial charge in [0.25, 0.3) is 0 Å². The first-order valence-corrected chi connectivity index (χ1v) is 8.23. The van der Waals surface area contributed by atoms with Crippen molar-refractivity contribution in [2.45, 2.75) is 32.2 Å². The average molecular weight is 299 g/mol. The van der Waals surface area contributed by atoms with Crippen molar-refractivity contribution < 1.29 is 4.74 Å². The van der Waals surface area contributed by atoms with Crippen molar-refractivity contribution in [1.29, 1.82) is 0 Å². The van der Waals surface area contributed by atoms with E-state index in [0.29, 0.717) is 6.04 Å². The molecule has 1 unspecified atom stereocenters. The first-order valence-electron chi connectivity index (χ1n) is 8.23. The van der Waals surface area contributed by atoms with E-state index in [1.165, 1.54) is 25.8 Å². The summed E-state index contributed by atoms with van der Waals surface area (Å²) in [7, 11) is 1.69. The summed E-state index contributed by atoms with van der Waals surface area (Å²) >= 11 is 0. The predicted octanol–water partition coefficient (Wildman–Crippen LogP) is 3.53. The van der Waals surface area contributed by atoms with Crippen LogP contribution in [0.25, 0.3) is 10.9 Å². The minimum absolute atomic E-state index is 0.619. The van der Waals surface area contributed by atoms with Crippen molar-refractivity contribution >= 4 is 16.7 Å². The van der Waals surface area contributed by atoms with Gasteiger partial charge in [0.2, 0.25) is 0 Å². The Kier molecular flexibility index (Phi) is 4.78. The lowest BCUT2D eigenvalue weighted by molar-refractivity contribution is 0.164. The number of pyridine rings is 1. The number of methoxy groups -OCH3 is 1. The van der Waals surface area contributed by atoms with Gasteiger partial charge in [-0.25, -0.2) is 4.98 Å². The molecule has 1 aromatic heterocycles. The summed E-state index contributed by atoms with van der Waals surface area (Å²) in [5.74, 6) is 1.76.